The van der Waals surface area contributed by atoms with Crippen LogP contribution in [0.1, 0.15) is 33.9 Å². The Morgan fingerprint density at radius 2 is 1.83 bits per heavy atom. The lowest BCUT2D eigenvalue weighted by atomic mass is 9.99. The van der Waals surface area contributed by atoms with Gasteiger partial charge >= 0.3 is 5.69 Å². The van der Waals surface area contributed by atoms with E-state index in [-0.39, 0.29) is 22.3 Å². The van der Waals surface area contributed by atoms with Gasteiger partial charge in [0, 0.05) is 62.1 Å². The summed E-state index contributed by atoms with van der Waals surface area (Å²) >= 11 is 13.8. The van der Waals surface area contributed by atoms with Crippen LogP contribution in [0.25, 0.3) is 22.4 Å². The van der Waals surface area contributed by atoms with E-state index in [0.717, 1.165) is 39.8 Å². The number of aryl methyl sites for hydroxylation is 1. The molecule has 6 rings (SSSR count). The molecular formula is C33H33Cl2N5O6. The molecule has 0 radical (unpaired) electrons. The van der Waals surface area contributed by atoms with Gasteiger partial charge in [-0.1, -0.05) is 53.5 Å². The van der Waals surface area contributed by atoms with Crippen LogP contribution in [0.4, 0.5) is 5.69 Å². The summed E-state index contributed by atoms with van der Waals surface area (Å²) in [6.07, 6.45) is 1.98. The molecule has 1 saturated heterocycles. The van der Waals surface area contributed by atoms with Crippen LogP contribution >= 0.6 is 23.2 Å². The zero-order valence-corrected chi connectivity index (χ0v) is 27.0. The molecule has 1 fully saturated rings. The van der Waals surface area contributed by atoms with Crippen molar-refractivity contribution in [1.82, 2.24) is 19.4 Å². The number of methoxy groups -OCH3 is 1. The normalized spacial score (nSPS) is 18.9. The third-order valence-corrected chi connectivity index (χ3v) is 9.40. The summed E-state index contributed by atoms with van der Waals surface area (Å²) < 4.78 is 13.2. The molecule has 1 amide bonds. The first-order valence-electron chi connectivity index (χ1n) is 14.8. The van der Waals surface area contributed by atoms with Crippen molar-refractivity contribution in [3.63, 3.8) is 0 Å². The van der Waals surface area contributed by atoms with Crippen molar-refractivity contribution < 1.29 is 19.4 Å². The van der Waals surface area contributed by atoms with Crippen LogP contribution in [0.3, 0.4) is 0 Å². The minimum atomic E-state index is -0.723. The van der Waals surface area contributed by atoms with Crippen LogP contribution in [0, 0.1) is 5.92 Å². The summed E-state index contributed by atoms with van der Waals surface area (Å²) in [5.74, 6) is 0.102. The number of nitrogens with one attached hydrogen (secondary N) is 2. The topological polar surface area (TPSA) is 137 Å². The Hall–Kier alpha value is -4.00. The van der Waals surface area contributed by atoms with E-state index in [1.54, 1.807) is 25.3 Å². The van der Waals surface area contributed by atoms with Gasteiger partial charge in [0.1, 0.15) is 5.56 Å². The number of hydrogen-bond acceptors (Lipinski definition) is 8. The van der Waals surface area contributed by atoms with Crippen molar-refractivity contribution in [1.29, 1.82) is 0 Å². The van der Waals surface area contributed by atoms with Crippen molar-refractivity contribution >= 4 is 34.8 Å². The third kappa shape index (κ3) is 5.85. The fraction of sp³-hybridized carbons (Fsp3) is 0.333. The number of carbonyl (C=O) groups is 1. The lowest BCUT2D eigenvalue weighted by Gasteiger charge is -2.21. The second-order valence-corrected chi connectivity index (χ2v) is 12.3. The molecule has 1 aliphatic heterocycles. The molecule has 11 nitrogen and oxygen atoms in total. The van der Waals surface area contributed by atoms with E-state index in [4.69, 9.17) is 37.7 Å². The van der Waals surface area contributed by atoms with Crippen molar-refractivity contribution in [2.24, 2.45) is 20.0 Å². The highest BCUT2D eigenvalue weighted by atomic mass is 35.5. The Morgan fingerprint density at radius 1 is 1.11 bits per heavy atom. The predicted molar refractivity (Wildman–Crippen MR) is 176 cm³/mol. The number of rotatable bonds is 8. The lowest BCUT2D eigenvalue weighted by molar-refractivity contribution is 0.102. The van der Waals surface area contributed by atoms with E-state index in [1.807, 2.05) is 24.3 Å². The van der Waals surface area contributed by atoms with Crippen LogP contribution in [0.2, 0.25) is 10.0 Å². The molecule has 2 aromatic heterocycles. The number of aromatic nitrogens is 3. The maximum Gasteiger partial charge on any atom is 0.330 e. The minimum absolute atomic E-state index is 0.209. The maximum atomic E-state index is 13.1. The first-order chi connectivity index (χ1) is 22.1. The molecule has 3 N–H and O–H groups in total. The molecule has 0 unspecified atom stereocenters. The summed E-state index contributed by atoms with van der Waals surface area (Å²) in [7, 11) is 4.32. The number of aliphatic hydroxyl groups is 1. The van der Waals surface area contributed by atoms with E-state index in [9.17, 15) is 19.5 Å². The lowest BCUT2D eigenvalue weighted by Crippen LogP contribution is -2.40. The Bertz CT molecular complexity index is 1950. The Balaban J connectivity index is 1.32. The summed E-state index contributed by atoms with van der Waals surface area (Å²) in [6.45, 7) is 2.19. The van der Waals surface area contributed by atoms with Crippen LogP contribution in [0.5, 0.6) is 5.88 Å². The quantitative estimate of drug-likeness (QED) is 0.257. The number of ether oxygens (including phenoxy) is 2. The fourth-order valence-corrected chi connectivity index (χ4v) is 6.72. The molecule has 3 heterocycles. The maximum absolute atomic E-state index is 13.1. The van der Waals surface area contributed by atoms with Gasteiger partial charge in [0.15, 0.2) is 0 Å². The number of amides is 1. The van der Waals surface area contributed by atoms with E-state index in [1.165, 1.54) is 20.3 Å². The van der Waals surface area contributed by atoms with Gasteiger partial charge < -0.3 is 29.8 Å². The zero-order valence-electron chi connectivity index (χ0n) is 25.5. The minimum Gasteiger partial charge on any atom is -0.481 e. The van der Waals surface area contributed by atoms with Gasteiger partial charge in [0.05, 0.1) is 47.3 Å². The molecule has 1 aliphatic carbocycles. The average Bonchev–Trinajstić information content (AvgIpc) is 3.68. The first-order valence-corrected chi connectivity index (χ1v) is 15.6. The molecule has 240 valence electrons. The fourth-order valence-electron chi connectivity index (χ4n) is 6.12. The molecule has 0 bridgehead atoms. The van der Waals surface area contributed by atoms with Crippen molar-refractivity contribution in [3.8, 4) is 28.3 Å². The second-order valence-electron chi connectivity index (χ2n) is 11.6. The first kappa shape index (κ1) is 32.0. The monoisotopic (exact) mass is 665 g/mol. The highest BCUT2D eigenvalue weighted by molar-refractivity contribution is 6.39. The molecule has 4 aromatic rings. The number of fused-ring (bicyclic) bond motifs is 1. The number of halogens is 2. The van der Waals surface area contributed by atoms with Crippen LogP contribution in [0.15, 0.2) is 58.3 Å². The molecule has 46 heavy (non-hydrogen) atoms. The number of hydrogen-bond donors (Lipinski definition) is 3. The number of aliphatic hydroxyl groups excluding tert-OH is 1. The standard InChI is InChI=1S/C33H33Cl2N5O6/c1-39-15-22(32(43)40(2)33(39)44)30(42)37-23-9-5-7-20(28(23)35)19-6-4-8-21(27(19)34)24-12-18-13-25(41)29(26(18)31(38-24)45-3)36-14-17-10-11-46-16-17/h4-9,12,15,17,25,29,36,41H,10-11,13-14,16H2,1-3H3,(H,37,42)/t17-,25+,29+/m1/s1. The summed E-state index contributed by atoms with van der Waals surface area (Å²) in [6, 6.07) is 12.2. The second kappa shape index (κ2) is 13.0. The smallest absolute Gasteiger partial charge is 0.330 e. The number of anilines is 1. The van der Waals surface area contributed by atoms with E-state index >= 15 is 0 Å². The highest BCUT2D eigenvalue weighted by Crippen LogP contribution is 2.44. The van der Waals surface area contributed by atoms with E-state index < -0.39 is 23.3 Å². The molecule has 3 atom stereocenters. The van der Waals surface area contributed by atoms with Crippen LogP contribution in [-0.2, 0) is 25.3 Å². The Morgan fingerprint density at radius 3 is 2.54 bits per heavy atom. The van der Waals surface area contributed by atoms with Gasteiger partial charge in [-0.05, 0) is 30.0 Å². The van der Waals surface area contributed by atoms with Gasteiger partial charge in [0.25, 0.3) is 11.5 Å². The van der Waals surface area contributed by atoms with Gasteiger partial charge in [-0.3, -0.25) is 14.2 Å². The Labute approximate surface area is 274 Å². The highest BCUT2D eigenvalue weighted by Gasteiger charge is 2.36. The van der Waals surface area contributed by atoms with Crippen molar-refractivity contribution in [3.05, 3.63) is 96.2 Å². The summed E-state index contributed by atoms with van der Waals surface area (Å²) in [5.41, 5.74) is 2.88. The molecule has 2 aliphatic rings. The summed E-state index contributed by atoms with van der Waals surface area (Å²) in [4.78, 5) is 42.6. The summed E-state index contributed by atoms with van der Waals surface area (Å²) in [5, 5.41) is 17.8. The molecule has 0 saturated carbocycles. The Kier molecular flexibility index (Phi) is 9.04. The number of carbonyl (C=O) groups excluding carboxylic acids is 1. The zero-order chi connectivity index (χ0) is 32.7. The van der Waals surface area contributed by atoms with Gasteiger partial charge in [-0.2, -0.15) is 0 Å². The molecule has 0 spiro atoms. The van der Waals surface area contributed by atoms with E-state index in [2.05, 4.69) is 10.6 Å². The number of pyridine rings is 1. The van der Waals surface area contributed by atoms with Crippen molar-refractivity contribution in [2.45, 2.75) is 25.0 Å². The van der Waals surface area contributed by atoms with Gasteiger partial charge in [-0.15, -0.1) is 0 Å². The van der Waals surface area contributed by atoms with Gasteiger partial charge in [0.2, 0.25) is 5.88 Å². The SMILES string of the molecule is COc1nc(-c2cccc(-c3cccc(NC(=O)c4cn(C)c(=O)n(C)c4=O)c3Cl)c2Cl)cc2c1[C@@H](NC[C@H]1CCOC1)[C@@H](O)C2. The number of nitrogens with zero attached hydrogens (tertiary/aromatic N) is 3. The van der Waals surface area contributed by atoms with Gasteiger partial charge in [-0.25, -0.2) is 9.78 Å². The molecule has 13 heteroatoms. The molecule has 2 aromatic carbocycles. The van der Waals surface area contributed by atoms with Crippen LogP contribution < -0.4 is 26.6 Å². The molecular weight excluding hydrogens is 633 g/mol. The van der Waals surface area contributed by atoms with Crippen LogP contribution in [-0.4, -0.2) is 58.1 Å². The third-order valence-electron chi connectivity index (χ3n) is 8.58. The van der Waals surface area contributed by atoms with Crippen molar-refractivity contribution in [2.75, 3.05) is 32.2 Å². The predicted octanol–water partition coefficient (Wildman–Crippen LogP) is 3.96. The number of benzene rings is 2. The average molecular weight is 667 g/mol. The largest absolute Gasteiger partial charge is 0.481 e. The van der Waals surface area contributed by atoms with E-state index in [0.29, 0.717) is 52.2 Å².